The van der Waals surface area contributed by atoms with Gasteiger partial charge in [-0.1, -0.05) is 23.7 Å². The van der Waals surface area contributed by atoms with Crippen LogP contribution in [0.3, 0.4) is 0 Å². The maximum Gasteiger partial charge on any atom is 0.287 e. The monoisotopic (exact) mass is 406 g/mol. The summed E-state index contributed by atoms with van der Waals surface area (Å²) in [7, 11) is 0. The van der Waals surface area contributed by atoms with E-state index >= 15 is 0 Å². The first-order valence-corrected chi connectivity index (χ1v) is 9.35. The van der Waals surface area contributed by atoms with Gasteiger partial charge in [0.15, 0.2) is 12.2 Å². The molecular weight excluding hydrogens is 390 g/mol. The Balaban J connectivity index is 1.83. The first-order valence-electron chi connectivity index (χ1n) is 8.98. The number of nitro groups is 1. The Morgan fingerprint density at radius 2 is 1.90 bits per heavy atom. The van der Waals surface area contributed by atoms with Crippen molar-refractivity contribution in [3.05, 3.63) is 99.3 Å². The van der Waals surface area contributed by atoms with Crippen molar-refractivity contribution in [2.45, 2.75) is 13.5 Å². The Morgan fingerprint density at radius 3 is 2.62 bits per heavy atom. The normalized spacial score (nSPS) is 11.0. The zero-order valence-corrected chi connectivity index (χ0v) is 16.3. The summed E-state index contributed by atoms with van der Waals surface area (Å²) in [4.78, 5) is 23.9. The van der Waals surface area contributed by atoms with Crippen LogP contribution < -0.4 is 4.40 Å². The van der Waals surface area contributed by atoms with Gasteiger partial charge in [-0.15, -0.1) is 0 Å². The fourth-order valence-electron chi connectivity index (χ4n) is 3.34. The van der Waals surface area contributed by atoms with Crippen LogP contribution in [0.2, 0.25) is 5.02 Å². The van der Waals surface area contributed by atoms with Crippen LogP contribution in [0.4, 0.5) is 5.69 Å². The van der Waals surface area contributed by atoms with Gasteiger partial charge in [-0.25, -0.2) is 8.97 Å². The molecular formula is C22H17ClN3O3+. The molecule has 7 heteroatoms. The number of halogens is 1. The number of benzene rings is 2. The minimum absolute atomic E-state index is 0.0494. The van der Waals surface area contributed by atoms with Crippen LogP contribution in [0.5, 0.6) is 0 Å². The summed E-state index contributed by atoms with van der Waals surface area (Å²) >= 11 is 5.92. The Kier molecular flexibility index (Phi) is 4.86. The van der Waals surface area contributed by atoms with Gasteiger partial charge in [-0.05, 0) is 43.3 Å². The molecule has 144 valence electrons. The number of hydrogen-bond acceptors (Lipinski definition) is 3. The van der Waals surface area contributed by atoms with E-state index in [-0.39, 0.29) is 18.0 Å². The van der Waals surface area contributed by atoms with Gasteiger partial charge in [0.1, 0.15) is 6.20 Å². The molecule has 0 N–H and O–H groups in total. The van der Waals surface area contributed by atoms with Crippen molar-refractivity contribution in [3.8, 4) is 11.3 Å². The molecule has 6 nitrogen and oxygen atoms in total. The van der Waals surface area contributed by atoms with E-state index in [9.17, 15) is 14.9 Å². The molecule has 2 aromatic carbocycles. The quantitative estimate of drug-likeness (QED) is 0.210. The smallest absolute Gasteiger partial charge is 0.287 e. The first-order chi connectivity index (χ1) is 13.9. The van der Waals surface area contributed by atoms with Gasteiger partial charge in [-0.3, -0.25) is 14.9 Å². The first kappa shape index (κ1) is 18.8. The zero-order valence-electron chi connectivity index (χ0n) is 15.6. The van der Waals surface area contributed by atoms with Crippen LogP contribution in [0.15, 0.2) is 73.1 Å². The van der Waals surface area contributed by atoms with Gasteiger partial charge in [0.25, 0.3) is 11.3 Å². The lowest BCUT2D eigenvalue weighted by molar-refractivity contribution is -0.510. The number of carbonyl (C=O) groups excluding carboxylic acids is 1. The second-order valence-corrected chi connectivity index (χ2v) is 7.19. The lowest BCUT2D eigenvalue weighted by atomic mass is 10.1. The number of hydrogen-bond donors (Lipinski definition) is 0. The summed E-state index contributed by atoms with van der Waals surface area (Å²) in [6.45, 7) is 1.80. The third kappa shape index (κ3) is 3.62. The number of aromatic nitrogens is 2. The average molecular weight is 407 g/mol. The van der Waals surface area contributed by atoms with Crippen molar-refractivity contribution in [2.24, 2.45) is 0 Å². The molecule has 0 bridgehead atoms. The number of ketones is 1. The average Bonchev–Trinajstić information content (AvgIpc) is 3.07. The van der Waals surface area contributed by atoms with Gasteiger partial charge in [0, 0.05) is 33.8 Å². The minimum atomic E-state index is -0.391. The third-order valence-corrected chi connectivity index (χ3v) is 5.12. The third-order valence-electron chi connectivity index (χ3n) is 4.87. The molecule has 2 aromatic heterocycles. The maximum atomic E-state index is 12.9. The van der Waals surface area contributed by atoms with Crippen molar-refractivity contribution >= 4 is 28.7 Å². The molecule has 0 atom stereocenters. The summed E-state index contributed by atoms with van der Waals surface area (Å²) in [6.07, 6.45) is 3.75. The highest BCUT2D eigenvalue weighted by Gasteiger charge is 2.23. The SMILES string of the molecule is Cc1ccc(-c2c[n+]3ccccc3n2CC(=O)c2ccc(Cl)cc2)cc1[N+](=O)[O-]. The van der Waals surface area contributed by atoms with Crippen molar-refractivity contribution in [2.75, 3.05) is 0 Å². The largest absolute Gasteiger partial charge is 0.290 e. The second kappa shape index (κ2) is 7.48. The number of pyridine rings is 1. The summed E-state index contributed by atoms with van der Waals surface area (Å²) in [5.41, 5.74) is 3.40. The summed E-state index contributed by atoms with van der Waals surface area (Å²) in [6, 6.07) is 17.5. The predicted octanol–water partition coefficient (Wildman–Crippen LogP) is 4.65. The fourth-order valence-corrected chi connectivity index (χ4v) is 3.47. The topological polar surface area (TPSA) is 69.2 Å². The molecule has 0 saturated carbocycles. The Morgan fingerprint density at radius 1 is 1.14 bits per heavy atom. The molecule has 0 fully saturated rings. The molecule has 29 heavy (non-hydrogen) atoms. The molecule has 0 saturated heterocycles. The van der Waals surface area contributed by atoms with Gasteiger partial charge < -0.3 is 0 Å². The van der Waals surface area contributed by atoms with E-state index in [2.05, 4.69) is 0 Å². The number of nitrogens with zero attached hydrogens (tertiary/aromatic N) is 3. The number of fused-ring (bicyclic) bond motifs is 1. The molecule has 0 spiro atoms. The van der Waals surface area contributed by atoms with Gasteiger partial charge in [-0.2, -0.15) is 0 Å². The Hall–Kier alpha value is -3.51. The molecule has 0 aliphatic heterocycles. The van der Waals surface area contributed by atoms with Crippen LogP contribution in [0.25, 0.3) is 16.9 Å². The van der Waals surface area contributed by atoms with E-state index in [0.717, 1.165) is 11.3 Å². The second-order valence-electron chi connectivity index (χ2n) is 6.76. The van der Waals surface area contributed by atoms with Gasteiger partial charge >= 0.3 is 0 Å². The lowest BCUT2D eigenvalue weighted by Gasteiger charge is -2.05. The van der Waals surface area contributed by atoms with Gasteiger partial charge in [0.2, 0.25) is 5.78 Å². The van der Waals surface area contributed by atoms with Crippen LogP contribution >= 0.6 is 11.6 Å². The molecule has 4 aromatic rings. The number of nitro benzene ring substituents is 1. The highest BCUT2D eigenvalue weighted by Crippen LogP contribution is 2.28. The van der Waals surface area contributed by atoms with Gasteiger partial charge in [0.05, 0.1) is 11.1 Å². The molecule has 0 unspecified atom stereocenters. The highest BCUT2D eigenvalue weighted by molar-refractivity contribution is 6.30. The molecule has 0 amide bonds. The number of Topliss-reactive ketones (excluding diaryl/α,β-unsaturated/α-hetero) is 1. The summed E-state index contributed by atoms with van der Waals surface area (Å²) < 4.78 is 3.77. The molecule has 4 rings (SSSR count). The van der Waals surface area contributed by atoms with Crippen LogP contribution in [0.1, 0.15) is 15.9 Å². The van der Waals surface area contributed by atoms with Crippen LogP contribution in [0, 0.1) is 17.0 Å². The van der Waals surface area contributed by atoms with E-state index < -0.39 is 4.92 Å². The number of imidazole rings is 1. The Bertz CT molecular complexity index is 1250. The van der Waals surface area contributed by atoms with Crippen molar-refractivity contribution < 1.29 is 14.1 Å². The zero-order chi connectivity index (χ0) is 20.5. The minimum Gasteiger partial charge on any atom is -0.290 e. The van der Waals surface area contributed by atoms with Crippen molar-refractivity contribution in [1.82, 2.24) is 4.57 Å². The molecule has 0 radical (unpaired) electrons. The van der Waals surface area contributed by atoms with E-state index in [1.807, 2.05) is 45.6 Å². The molecule has 0 aliphatic rings. The lowest BCUT2D eigenvalue weighted by Crippen LogP contribution is -2.19. The number of rotatable bonds is 5. The summed E-state index contributed by atoms with van der Waals surface area (Å²) in [5, 5.41) is 11.9. The van der Waals surface area contributed by atoms with E-state index in [1.54, 1.807) is 43.3 Å². The van der Waals surface area contributed by atoms with Crippen molar-refractivity contribution in [3.63, 3.8) is 0 Å². The maximum absolute atomic E-state index is 12.9. The summed E-state index contributed by atoms with van der Waals surface area (Å²) in [5.74, 6) is -0.0773. The molecule has 0 aliphatic carbocycles. The highest BCUT2D eigenvalue weighted by atomic mass is 35.5. The molecule has 2 heterocycles. The number of carbonyl (C=O) groups is 1. The van der Waals surface area contributed by atoms with E-state index in [1.165, 1.54) is 0 Å². The van der Waals surface area contributed by atoms with Crippen LogP contribution in [-0.4, -0.2) is 15.3 Å². The van der Waals surface area contributed by atoms with E-state index in [4.69, 9.17) is 11.6 Å². The fraction of sp³-hybridized carbons (Fsp3) is 0.0909. The van der Waals surface area contributed by atoms with E-state index in [0.29, 0.717) is 21.7 Å². The van der Waals surface area contributed by atoms with Crippen LogP contribution in [-0.2, 0) is 6.54 Å². The predicted molar refractivity (Wildman–Crippen MR) is 110 cm³/mol. The standard InChI is InChI=1S/C22H17ClN3O3/c1-15-5-6-17(12-19(15)26(28)29)20-13-24-11-3-2-4-22(24)25(20)14-21(27)16-7-9-18(23)10-8-16/h2-13H,14H2,1H3/q+1. The van der Waals surface area contributed by atoms with Crippen molar-refractivity contribution in [1.29, 1.82) is 0 Å². The number of aryl methyl sites for hydroxylation is 1. The Labute approximate surface area is 171 Å².